The first-order valence-corrected chi connectivity index (χ1v) is 8.75. The van der Waals surface area contributed by atoms with Gasteiger partial charge in [-0.2, -0.15) is 5.26 Å². The number of methoxy groups -OCH3 is 1. The Morgan fingerprint density at radius 2 is 1.74 bits per heavy atom. The number of hydrogen-bond donors (Lipinski definition) is 2. The zero-order valence-corrected chi connectivity index (χ0v) is 16.4. The zero-order valence-electron chi connectivity index (χ0n) is 16.4. The molecule has 2 aromatic rings. The van der Waals surface area contributed by atoms with Crippen LogP contribution in [0, 0.1) is 32.1 Å². The summed E-state index contributed by atoms with van der Waals surface area (Å²) in [4.78, 5) is 12.5. The quantitative estimate of drug-likeness (QED) is 0.592. The van der Waals surface area contributed by atoms with Gasteiger partial charge in [0.15, 0.2) is 0 Å². The molecule has 1 unspecified atom stereocenters. The van der Waals surface area contributed by atoms with Crippen LogP contribution in [-0.4, -0.2) is 13.0 Å². The van der Waals surface area contributed by atoms with Gasteiger partial charge in [-0.15, -0.1) is 0 Å². The molecule has 0 spiro atoms. The second-order valence-corrected chi connectivity index (χ2v) is 6.56. The van der Waals surface area contributed by atoms with Crippen LogP contribution in [0.4, 0.5) is 5.69 Å². The summed E-state index contributed by atoms with van der Waals surface area (Å²) < 4.78 is 5.15. The molecule has 0 heterocycles. The molecule has 0 aliphatic carbocycles. The van der Waals surface area contributed by atoms with Crippen LogP contribution < -0.4 is 15.4 Å². The molecule has 0 fully saturated rings. The molecule has 0 aliphatic rings. The topological polar surface area (TPSA) is 74.1 Å². The van der Waals surface area contributed by atoms with E-state index in [1.54, 1.807) is 7.11 Å². The Balaban J connectivity index is 2.11. The van der Waals surface area contributed by atoms with Crippen molar-refractivity contribution >= 4 is 11.6 Å². The zero-order chi connectivity index (χ0) is 20.0. The largest absolute Gasteiger partial charge is 0.497 e. The Labute approximate surface area is 160 Å². The van der Waals surface area contributed by atoms with Gasteiger partial charge in [-0.05, 0) is 56.5 Å². The Morgan fingerprint density at radius 1 is 1.15 bits per heavy atom. The summed E-state index contributed by atoms with van der Waals surface area (Å²) in [5, 5.41) is 15.3. The van der Waals surface area contributed by atoms with Crippen LogP contribution in [0.1, 0.15) is 35.2 Å². The number of aryl methyl sites for hydroxylation is 3. The molecule has 5 heteroatoms. The van der Waals surface area contributed by atoms with E-state index >= 15 is 0 Å². The van der Waals surface area contributed by atoms with E-state index in [0.717, 1.165) is 33.7 Å². The third-order valence-corrected chi connectivity index (χ3v) is 4.37. The number of amides is 1. The summed E-state index contributed by atoms with van der Waals surface area (Å²) in [6, 6.07) is 13.5. The summed E-state index contributed by atoms with van der Waals surface area (Å²) in [5.74, 6) is 0.351. The maximum atomic E-state index is 12.5. The first kappa shape index (κ1) is 20.1. The SMILES string of the molecule is COc1ccc(C(C)N/C=C(/C#N)C(=O)Nc2c(C)cc(C)cc2C)cc1. The van der Waals surface area contributed by atoms with Gasteiger partial charge >= 0.3 is 0 Å². The number of nitrogens with one attached hydrogen (secondary N) is 2. The first-order chi connectivity index (χ1) is 12.8. The lowest BCUT2D eigenvalue weighted by Crippen LogP contribution is -2.19. The van der Waals surface area contributed by atoms with Gasteiger partial charge in [0, 0.05) is 17.9 Å². The standard InChI is InChI=1S/C22H25N3O2/c1-14-10-15(2)21(16(3)11-14)25-22(26)19(12-23)13-24-17(4)18-6-8-20(27-5)9-7-18/h6-11,13,17,24H,1-5H3,(H,25,26)/b19-13-. The lowest BCUT2D eigenvalue weighted by atomic mass is 10.0. The molecule has 1 atom stereocenters. The minimum absolute atomic E-state index is 0.0229. The molecular weight excluding hydrogens is 338 g/mol. The van der Waals surface area contributed by atoms with E-state index in [1.165, 1.54) is 6.20 Å². The number of ether oxygens (including phenoxy) is 1. The summed E-state index contributed by atoms with van der Waals surface area (Å²) >= 11 is 0. The monoisotopic (exact) mass is 363 g/mol. The molecule has 0 aromatic heterocycles. The Bertz CT molecular complexity index is 870. The van der Waals surface area contributed by atoms with Gasteiger partial charge in [-0.3, -0.25) is 4.79 Å². The van der Waals surface area contributed by atoms with Gasteiger partial charge in [0.2, 0.25) is 0 Å². The molecule has 2 N–H and O–H groups in total. The highest BCUT2D eigenvalue weighted by Crippen LogP contribution is 2.22. The van der Waals surface area contributed by atoms with E-state index in [4.69, 9.17) is 4.74 Å². The van der Waals surface area contributed by atoms with Crippen LogP contribution in [0.3, 0.4) is 0 Å². The van der Waals surface area contributed by atoms with Gasteiger partial charge < -0.3 is 15.4 Å². The van der Waals surface area contributed by atoms with Gasteiger partial charge in [-0.1, -0.05) is 29.8 Å². The van der Waals surface area contributed by atoms with E-state index < -0.39 is 5.91 Å². The molecule has 0 saturated heterocycles. The molecule has 5 nitrogen and oxygen atoms in total. The minimum Gasteiger partial charge on any atom is -0.497 e. The van der Waals surface area contributed by atoms with Crippen LogP contribution >= 0.6 is 0 Å². The predicted octanol–water partition coefficient (Wildman–Crippen LogP) is 4.32. The number of anilines is 1. The third-order valence-electron chi connectivity index (χ3n) is 4.37. The van der Waals surface area contributed by atoms with Crippen molar-refractivity contribution in [3.63, 3.8) is 0 Å². The lowest BCUT2D eigenvalue weighted by Gasteiger charge is -2.14. The van der Waals surface area contributed by atoms with E-state index in [9.17, 15) is 10.1 Å². The maximum Gasteiger partial charge on any atom is 0.267 e. The number of rotatable bonds is 6. The van der Waals surface area contributed by atoms with Crippen LogP contribution in [0.25, 0.3) is 0 Å². The van der Waals surface area contributed by atoms with Gasteiger partial charge in [0.1, 0.15) is 17.4 Å². The third kappa shape index (κ3) is 5.11. The highest BCUT2D eigenvalue weighted by Gasteiger charge is 2.13. The van der Waals surface area contributed by atoms with Crippen LogP contribution in [0.15, 0.2) is 48.2 Å². The molecule has 0 radical (unpaired) electrons. The van der Waals surface area contributed by atoms with Crippen molar-refractivity contribution in [2.75, 3.05) is 12.4 Å². The second-order valence-electron chi connectivity index (χ2n) is 6.56. The Kier molecular flexibility index (Phi) is 6.62. The van der Waals surface area contributed by atoms with Gasteiger partial charge in [-0.25, -0.2) is 0 Å². The summed E-state index contributed by atoms with van der Waals surface area (Å²) in [6.45, 7) is 7.85. The Morgan fingerprint density at radius 3 is 2.26 bits per heavy atom. The van der Waals surface area contributed by atoms with E-state index in [1.807, 2.05) is 70.2 Å². The molecule has 140 valence electrons. The van der Waals surface area contributed by atoms with Crippen molar-refractivity contribution in [2.45, 2.75) is 33.7 Å². The summed E-state index contributed by atoms with van der Waals surface area (Å²) in [6.07, 6.45) is 1.46. The number of benzene rings is 2. The number of carbonyl (C=O) groups excluding carboxylic acids is 1. The summed E-state index contributed by atoms with van der Waals surface area (Å²) in [5.41, 5.74) is 4.86. The van der Waals surface area contributed by atoms with E-state index in [-0.39, 0.29) is 11.6 Å². The fourth-order valence-electron chi connectivity index (χ4n) is 2.90. The lowest BCUT2D eigenvalue weighted by molar-refractivity contribution is -0.112. The molecule has 1 amide bonds. The van der Waals surface area contributed by atoms with Crippen molar-refractivity contribution in [3.05, 3.63) is 70.4 Å². The van der Waals surface area contributed by atoms with Gasteiger partial charge in [0.25, 0.3) is 5.91 Å². The molecule has 2 rings (SSSR count). The number of nitriles is 1. The number of carbonyl (C=O) groups is 1. The van der Waals surface area contributed by atoms with Crippen LogP contribution in [0.2, 0.25) is 0 Å². The molecule has 2 aromatic carbocycles. The van der Waals surface area contributed by atoms with Crippen LogP contribution in [-0.2, 0) is 4.79 Å². The van der Waals surface area contributed by atoms with Crippen LogP contribution in [0.5, 0.6) is 5.75 Å². The number of nitrogens with zero attached hydrogens (tertiary/aromatic N) is 1. The van der Waals surface area contributed by atoms with E-state index in [0.29, 0.717) is 0 Å². The maximum absolute atomic E-state index is 12.5. The van der Waals surface area contributed by atoms with Crippen molar-refractivity contribution < 1.29 is 9.53 Å². The molecular formula is C22H25N3O2. The Hall–Kier alpha value is -3.26. The fourth-order valence-corrected chi connectivity index (χ4v) is 2.90. The normalized spacial score (nSPS) is 12.1. The predicted molar refractivity (Wildman–Crippen MR) is 108 cm³/mol. The second kappa shape index (κ2) is 8.91. The molecule has 27 heavy (non-hydrogen) atoms. The smallest absolute Gasteiger partial charge is 0.267 e. The highest BCUT2D eigenvalue weighted by atomic mass is 16.5. The fraction of sp³-hybridized carbons (Fsp3) is 0.273. The average Bonchev–Trinajstić information content (AvgIpc) is 2.65. The molecule has 0 aliphatic heterocycles. The average molecular weight is 363 g/mol. The van der Waals surface area contributed by atoms with Crippen molar-refractivity contribution in [1.29, 1.82) is 5.26 Å². The van der Waals surface area contributed by atoms with Gasteiger partial charge in [0.05, 0.1) is 7.11 Å². The molecule has 0 bridgehead atoms. The summed E-state index contributed by atoms with van der Waals surface area (Å²) in [7, 11) is 1.62. The minimum atomic E-state index is -0.429. The first-order valence-electron chi connectivity index (χ1n) is 8.75. The van der Waals surface area contributed by atoms with Crippen molar-refractivity contribution in [3.8, 4) is 11.8 Å². The highest BCUT2D eigenvalue weighted by molar-refractivity contribution is 6.07. The van der Waals surface area contributed by atoms with Crippen molar-refractivity contribution in [1.82, 2.24) is 5.32 Å². The molecule has 0 saturated carbocycles. The van der Waals surface area contributed by atoms with E-state index in [2.05, 4.69) is 10.6 Å². The van der Waals surface area contributed by atoms with Crippen molar-refractivity contribution in [2.24, 2.45) is 0 Å². The number of hydrogen-bond acceptors (Lipinski definition) is 4.